The second-order valence-electron chi connectivity index (χ2n) is 4.24. The first-order valence-corrected chi connectivity index (χ1v) is 7.43. The summed E-state index contributed by atoms with van der Waals surface area (Å²) in [5, 5.41) is 15.4. The van der Waals surface area contributed by atoms with Gasteiger partial charge in [-0.15, -0.1) is 11.3 Å². The quantitative estimate of drug-likeness (QED) is 0.517. The van der Waals surface area contributed by atoms with Crippen LogP contribution in [0.2, 0.25) is 5.15 Å². The molecule has 2 heterocycles. The summed E-state index contributed by atoms with van der Waals surface area (Å²) in [5.41, 5.74) is -0.269. The zero-order valence-electron chi connectivity index (χ0n) is 11.1. The molecule has 0 saturated heterocycles. The van der Waals surface area contributed by atoms with Gasteiger partial charge in [-0.25, -0.2) is 4.98 Å². The minimum absolute atomic E-state index is 0.000808. The Morgan fingerprint density at radius 2 is 2.38 bits per heavy atom. The number of nitro groups is 1. The highest BCUT2D eigenvalue weighted by molar-refractivity contribution is 7.10. The van der Waals surface area contributed by atoms with Gasteiger partial charge in [0.1, 0.15) is 11.3 Å². The second-order valence-corrected chi connectivity index (χ2v) is 5.58. The molecule has 110 valence electrons. The SMILES string of the molecule is CCC(NC(=O)c1cc([N+](=O)[O-])cnc1Cl)c1cccs1. The minimum Gasteiger partial charge on any atom is -0.344 e. The molecule has 0 saturated carbocycles. The lowest BCUT2D eigenvalue weighted by molar-refractivity contribution is -0.385. The number of amides is 1. The van der Waals surface area contributed by atoms with Crippen molar-refractivity contribution in [3.8, 4) is 0 Å². The molecule has 1 unspecified atom stereocenters. The van der Waals surface area contributed by atoms with Crippen LogP contribution in [0.15, 0.2) is 29.8 Å². The first-order valence-electron chi connectivity index (χ1n) is 6.17. The average Bonchev–Trinajstić information content (AvgIpc) is 2.98. The van der Waals surface area contributed by atoms with Crippen molar-refractivity contribution in [2.45, 2.75) is 19.4 Å². The van der Waals surface area contributed by atoms with E-state index in [1.165, 1.54) is 11.3 Å². The Labute approximate surface area is 129 Å². The number of halogens is 1. The summed E-state index contributed by atoms with van der Waals surface area (Å²) in [6.45, 7) is 1.94. The first-order chi connectivity index (χ1) is 10.0. The van der Waals surface area contributed by atoms with Crippen molar-refractivity contribution in [3.05, 3.63) is 55.5 Å². The molecule has 0 aliphatic rings. The maximum atomic E-state index is 12.3. The Bertz CT molecular complexity index is 661. The number of hydrogen-bond acceptors (Lipinski definition) is 5. The van der Waals surface area contributed by atoms with E-state index in [-0.39, 0.29) is 22.4 Å². The Hall–Kier alpha value is -1.99. The molecule has 0 fully saturated rings. The maximum Gasteiger partial charge on any atom is 0.288 e. The van der Waals surface area contributed by atoms with Gasteiger partial charge >= 0.3 is 0 Å². The number of thiophene rings is 1. The lowest BCUT2D eigenvalue weighted by Crippen LogP contribution is -2.28. The van der Waals surface area contributed by atoms with E-state index < -0.39 is 10.8 Å². The zero-order chi connectivity index (χ0) is 15.4. The summed E-state index contributed by atoms with van der Waals surface area (Å²) >= 11 is 7.39. The van der Waals surface area contributed by atoms with Crippen LogP contribution in [0.1, 0.15) is 34.6 Å². The third kappa shape index (κ3) is 3.56. The lowest BCUT2D eigenvalue weighted by Gasteiger charge is -2.15. The molecule has 0 aromatic carbocycles. The van der Waals surface area contributed by atoms with E-state index in [9.17, 15) is 14.9 Å². The Kier molecular flexibility index (Phi) is 4.87. The molecule has 1 atom stereocenters. The molecule has 6 nitrogen and oxygen atoms in total. The number of nitrogens with zero attached hydrogens (tertiary/aromatic N) is 2. The summed E-state index contributed by atoms with van der Waals surface area (Å²) in [7, 11) is 0. The molecule has 1 N–H and O–H groups in total. The molecule has 1 amide bonds. The van der Waals surface area contributed by atoms with Crippen LogP contribution in [0.4, 0.5) is 5.69 Å². The topological polar surface area (TPSA) is 85.1 Å². The fraction of sp³-hybridized carbons (Fsp3) is 0.231. The molecule has 0 bridgehead atoms. The summed E-state index contributed by atoms with van der Waals surface area (Å²) in [5.74, 6) is -0.476. The maximum absolute atomic E-state index is 12.3. The van der Waals surface area contributed by atoms with Crippen LogP contribution < -0.4 is 5.32 Å². The van der Waals surface area contributed by atoms with E-state index in [0.717, 1.165) is 17.1 Å². The van der Waals surface area contributed by atoms with Crippen molar-refractivity contribution in [1.29, 1.82) is 0 Å². The summed E-state index contributed by atoms with van der Waals surface area (Å²) < 4.78 is 0. The highest BCUT2D eigenvalue weighted by atomic mass is 35.5. The predicted molar refractivity (Wildman–Crippen MR) is 80.7 cm³/mol. The van der Waals surface area contributed by atoms with Gasteiger partial charge in [0.2, 0.25) is 0 Å². The molecular formula is C13H12ClN3O3S. The second kappa shape index (κ2) is 6.64. The van der Waals surface area contributed by atoms with Crippen molar-refractivity contribution in [2.75, 3.05) is 0 Å². The fourth-order valence-electron chi connectivity index (χ4n) is 1.80. The van der Waals surface area contributed by atoms with Crippen molar-refractivity contribution >= 4 is 34.5 Å². The normalized spacial score (nSPS) is 11.9. The molecule has 2 rings (SSSR count). The number of carbonyl (C=O) groups excluding carboxylic acids is 1. The van der Waals surface area contributed by atoms with E-state index >= 15 is 0 Å². The minimum atomic E-state index is -0.614. The number of pyridine rings is 1. The van der Waals surface area contributed by atoms with Crippen molar-refractivity contribution in [3.63, 3.8) is 0 Å². The van der Waals surface area contributed by atoms with Gasteiger partial charge in [0.15, 0.2) is 0 Å². The van der Waals surface area contributed by atoms with Crippen LogP contribution >= 0.6 is 22.9 Å². The van der Waals surface area contributed by atoms with Gasteiger partial charge in [-0.3, -0.25) is 14.9 Å². The largest absolute Gasteiger partial charge is 0.344 e. The Morgan fingerprint density at radius 3 is 2.95 bits per heavy atom. The van der Waals surface area contributed by atoms with Crippen LogP contribution in [-0.2, 0) is 0 Å². The van der Waals surface area contributed by atoms with E-state index in [4.69, 9.17) is 11.6 Å². The highest BCUT2D eigenvalue weighted by Gasteiger charge is 2.20. The molecule has 2 aromatic rings. The predicted octanol–water partition coefficient (Wildman–Crippen LogP) is 3.59. The molecule has 2 aromatic heterocycles. The van der Waals surface area contributed by atoms with Crippen LogP contribution in [-0.4, -0.2) is 15.8 Å². The van der Waals surface area contributed by atoms with Crippen molar-refractivity contribution < 1.29 is 9.72 Å². The van der Waals surface area contributed by atoms with Gasteiger partial charge < -0.3 is 5.32 Å². The molecule has 0 spiro atoms. The summed E-state index contributed by atoms with van der Waals surface area (Å²) in [6.07, 6.45) is 1.72. The van der Waals surface area contributed by atoms with E-state index in [0.29, 0.717) is 6.42 Å². The lowest BCUT2D eigenvalue weighted by atomic mass is 10.1. The fourth-order valence-corrected chi connectivity index (χ4v) is 2.85. The summed E-state index contributed by atoms with van der Waals surface area (Å²) in [6, 6.07) is 4.79. The van der Waals surface area contributed by atoms with Gasteiger partial charge in [0.25, 0.3) is 11.6 Å². The zero-order valence-corrected chi connectivity index (χ0v) is 12.6. The third-order valence-corrected chi connectivity index (χ3v) is 4.17. The number of hydrogen-bond donors (Lipinski definition) is 1. The molecule has 0 radical (unpaired) electrons. The molecule has 0 aliphatic heterocycles. The highest BCUT2D eigenvalue weighted by Crippen LogP contribution is 2.24. The van der Waals surface area contributed by atoms with E-state index in [2.05, 4.69) is 10.3 Å². The van der Waals surface area contributed by atoms with E-state index in [1.54, 1.807) is 0 Å². The Morgan fingerprint density at radius 1 is 1.62 bits per heavy atom. The Balaban J connectivity index is 2.23. The van der Waals surface area contributed by atoms with Gasteiger partial charge in [-0.05, 0) is 17.9 Å². The van der Waals surface area contributed by atoms with Gasteiger partial charge in [-0.2, -0.15) is 0 Å². The number of carbonyl (C=O) groups is 1. The van der Waals surface area contributed by atoms with Crippen LogP contribution in [0.3, 0.4) is 0 Å². The first kappa shape index (κ1) is 15.4. The van der Waals surface area contributed by atoms with Crippen LogP contribution in [0.25, 0.3) is 0 Å². The summed E-state index contributed by atoms with van der Waals surface area (Å²) in [4.78, 5) is 27.1. The number of nitrogens with one attached hydrogen (secondary N) is 1. The van der Waals surface area contributed by atoms with Gasteiger partial charge in [0.05, 0.1) is 16.5 Å². The molecular weight excluding hydrogens is 314 g/mol. The molecule has 0 aliphatic carbocycles. The third-order valence-electron chi connectivity index (χ3n) is 2.88. The van der Waals surface area contributed by atoms with Crippen LogP contribution in [0, 0.1) is 10.1 Å². The number of aromatic nitrogens is 1. The van der Waals surface area contributed by atoms with Crippen molar-refractivity contribution in [2.24, 2.45) is 0 Å². The van der Waals surface area contributed by atoms with E-state index in [1.807, 2.05) is 24.4 Å². The monoisotopic (exact) mass is 325 g/mol. The van der Waals surface area contributed by atoms with Gasteiger partial charge in [0, 0.05) is 10.9 Å². The standard InChI is InChI=1S/C13H12ClN3O3S/c1-2-10(11-4-3-5-21-11)16-13(18)9-6-8(17(19)20)7-15-12(9)14/h3-7,10H,2H2,1H3,(H,16,18). The van der Waals surface area contributed by atoms with Crippen molar-refractivity contribution in [1.82, 2.24) is 10.3 Å². The number of rotatable bonds is 5. The molecule has 21 heavy (non-hydrogen) atoms. The van der Waals surface area contributed by atoms with Gasteiger partial charge in [-0.1, -0.05) is 24.6 Å². The smallest absolute Gasteiger partial charge is 0.288 e. The molecule has 8 heteroatoms. The average molecular weight is 326 g/mol. The van der Waals surface area contributed by atoms with Crippen LogP contribution in [0.5, 0.6) is 0 Å².